The largest absolute Gasteiger partial charge is 0.271 e. The lowest BCUT2D eigenvalue weighted by Crippen LogP contribution is -2.57. The molecule has 0 saturated heterocycles. The first-order valence-electron chi connectivity index (χ1n) is 13.2. The number of aryl methyl sites for hydroxylation is 1. The highest BCUT2D eigenvalue weighted by Gasteiger charge is 2.65. The van der Waals surface area contributed by atoms with E-state index in [-0.39, 0.29) is 10.6 Å². The summed E-state index contributed by atoms with van der Waals surface area (Å²) >= 11 is 0. The monoisotopic (exact) mass is 565 g/mol. The van der Waals surface area contributed by atoms with Crippen LogP contribution in [0.5, 0.6) is 0 Å². The van der Waals surface area contributed by atoms with E-state index < -0.39 is 39.1 Å². The van der Waals surface area contributed by atoms with Crippen LogP contribution < -0.4 is 9.31 Å². The zero-order valence-corrected chi connectivity index (χ0v) is 23.4. The summed E-state index contributed by atoms with van der Waals surface area (Å²) in [4.78, 5) is 14.9. The van der Waals surface area contributed by atoms with Gasteiger partial charge in [0, 0.05) is 5.92 Å². The number of nitrogens with zero attached hydrogens (tertiary/aromatic N) is 3. The van der Waals surface area contributed by atoms with E-state index in [1.165, 1.54) is 27.5 Å². The van der Waals surface area contributed by atoms with E-state index in [0.717, 1.165) is 5.56 Å². The Labute approximate surface area is 239 Å². The van der Waals surface area contributed by atoms with Gasteiger partial charge in [-0.2, -0.15) is 10.1 Å². The molecule has 8 heteroatoms. The van der Waals surface area contributed by atoms with Gasteiger partial charge in [0.1, 0.15) is 11.2 Å². The fourth-order valence-corrected chi connectivity index (χ4v) is 7.88. The van der Waals surface area contributed by atoms with E-state index in [1.54, 1.807) is 61.5 Å². The normalized spacial score (nSPS) is 22.0. The van der Waals surface area contributed by atoms with Gasteiger partial charge in [0.2, 0.25) is 0 Å². The van der Waals surface area contributed by atoms with E-state index in [4.69, 9.17) is 5.10 Å². The predicted octanol–water partition coefficient (Wildman–Crippen LogP) is 6.76. The third-order valence-electron chi connectivity index (χ3n) is 8.04. The number of carbonyl (C=O) groups is 1. The maximum Gasteiger partial charge on any atom is 0.264 e. The molecule has 4 aromatic carbocycles. The van der Waals surface area contributed by atoms with E-state index in [9.17, 15) is 17.6 Å². The zero-order valence-electron chi connectivity index (χ0n) is 22.6. The molecular formula is C33H28FN3O3S. The topological polar surface area (TPSA) is 70.1 Å². The highest BCUT2D eigenvalue weighted by Crippen LogP contribution is 2.61. The highest BCUT2D eigenvalue weighted by molar-refractivity contribution is 7.92. The summed E-state index contributed by atoms with van der Waals surface area (Å²) < 4.78 is 45.5. The third kappa shape index (κ3) is 3.93. The third-order valence-corrected chi connectivity index (χ3v) is 9.84. The molecule has 0 saturated carbocycles. The molecule has 0 aliphatic carbocycles. The molecule has 206 valence electrons. The lowest BCUT2D eigenvalue weighted by atomic mass is 9.60. The average molecular weight is 566 g/mol. The van der Waals surface area contributed by atoms with Crippen molar-refractivity contribution in [2.45, 2.75) is 30.7 Å². The van der Waals surface area contributed by atoms with E-state index >= 15 is 0 Å². The summed E-state index contributed by atoms with van der Waals surface area (Å²) in [6.07, 6.45) is 1.61. The average Bonchev–Trinajstić information content (AvgIpc) is 3.23. The Morgan fingerprint density at radius 2 is 1.54 bits per heavy atom. The number of hydrogen-bond donors (Lipinski definition) is 0. The van der Waals surface area contributed by atoms with E-state index in [1.807, 2.05) is 43.3 Å². The fraction of sp³-hybridized carbons (Fsp3) is 0.152. The number of halogens is 1. The summed E-state index contributed by atoms with van der Waals surface area (Å²) in [6, 6.07) is 27.6. The molecule has 6 nitrogen and oxygen atoms in total. The number of fused-ring (bicyclic) bond motifs is 1. The van der Waals surface area contributed by atoms with Gasteiger partial charge in [-0.3, -0.25) is 9.10 Å². The number of rotatable bonds is 5. The van der Waals surface area contributed by atoms with Crippen LogP contribution in [0.15, 0.2) is 126 Å². The number of anilines is 2. The number of sulfonamides is 1. The second kappa shape index (κ2) is 9.82. The van der Waals surface area contributed by atoms with Gasteiger partial charge in [-0.1, -0.05) is 72.3 Å². The minimum atomic E-state index is -4.28. The molecule has 6 rings (SSSR count). The molecule has 0 N–H and O–H groups in total. The maximum absolute atomic E-state index is 14.9. The van der Waals surface area contributed by atoms with Crippen LogP contribution in [-0.2, 0) is 14.8 Å². The summed E-state index contributed by atoms with van der Waals surface area (Å²) in [6.45, 7) is 7.67. The summed E-state index contributed by atoms with van der Waals surface area (Å²) in [5.41, 5.74) is 1.53. The minimum absolute atomic E-state index is 0.0615. The van der Waals surface area contributed by atoms with Crippen molar-refractivity contribution < 1.29 is 17.6 Å². The molecule has 0 fully saturated rings. The fourth-order valence-electron chi connectivity index (χ4n) is 6.18. The standard InChI is InChI=1S/C33H28FN3O3S/c1-4-29-28-21-25(34)17-20-30(28)37(41(39,40)27-18-15-22(2)16-19-27)31(24-11-7-5-8-12-24)33(29)23(3)35-36(32(33)38)26-13-9-6-10-14-26/h4-21,29,31H,1H2,2-3H3/t29-,31-,33-/m1/s1. The number of allylic oxidation sites excluding steroid dienone is 1. The molecule has 4 aromatic rings. The van der Waals surface area contributed by atoms with Crippen LogP contribution in [0.4, 0.5) is 15.8 Å². The first-order valence-corrected chi connectivity index (χ1v) is 14.7. The Bertz CT molecular complexity index is 1790. The highest BCUT2D eigenvalue weighted by atomic mass is 32.2. The first-order chi connectivity index (χ1) is 19.7. The number of para-hydroxylation sites is 1. The van der Waals surface area contributed by atoms with Crippen molar-refractivity contribution in [1.29, 1.82) is 0 Å². The summed E-state index contributed by atoms with van der Waals surface area (Å²) in [5.74, 6) is -1.75. The molecule has 2 aliphatic heterocycles. The Morgan fingerprint density at radius 1 is 0.902 bits per heavy atom. The molecule has 41 heavy (non-hydrogen) atoms. The maximum atomic E-state index is 14.9. The molecule has 0 aromatic heterocycles. The van der Waals surface area contributed by atoms with Crippen molar-refractivity contribution in [2.75, 3.05) is 9.31 Å². The number of benzene rings is 4. The van der Waals surface area contributed by atoms with Gasteiger partial charge >= 0.3 is 0 Å². The van der Waals surface area contributed by atoms with Crippen molar-refractivity contribution >= 4 is 33.0 Å². The van der Waals surface area contributed by atoms with Crippen LogP contribution in [0.25, 0.3) is 0 Å². The van der Waals surface area contributed by atoms with Gasteiger partial charge in [-0.15, -0.1) is 6.58 Å². The Hall–Kier alpha value is -4.56. The molecule has 1 spiro atoms. The lowest BCUT2D eigenvalue weighted by molar-refractivity contribution is -0.125. The van der Waals surface area contributed by atoms with Crippen LogP contribution in [0.3, 0.4) is 0 Å². The quantitative estimate of drug-likeness (QED) is 0.251. The molecule has 3 atom stereocenters. The van der Waals surface area contributed by atoms with Crippen LogP contribution in [0.2, 0.25) is 0 Å². The Kier molecular flexibility index (Phi) is 6.38. The molecular weight excluding hydrogens is 537 g/mol. The van der Waals surface area contributed by atoms with Gasteiger partial charge in [0.15, 0.2) is 0 Å². The van der Waals surface area contributed by atoms with Gasteiger partial charge in [0.05, 0.1) is 28.0 Å². The molecule has 0 bridgehead atoms. The molecule has 0 radical (unpaired) electrons. The molecule has 2 aliphatic rings. The van der Waals surface area contributed by atoms with Crippen molar-refractivity contribution in [3.63, 3.8) is 0 Å². The Morgan fingerprint density at radius 3 is 2.17 bits per heavy atom. The van der Waals surface area contributed by atoms with Gasteiger partial charge in [0.25, 0.3) is 15.9 Å². The number of hydrazone groups is 1. The second-order valence-corrected chi connectivity index (χ2v) is 12.2. The number of amides is 1. The smallest absolute Gasteiger partial charge is 0.264 e. The van der Waals surface area contributed by atoms with Gasteiger partial charge in [-0.25, -0.2) is 12.8 Å². The first kappa shape index (κ1) is 26.7. The second-order valence-electron chi connectivity index (χ2n) is 10.4. The van der Waals surface area contributed by atoms with E-state index in [2.05, 4.69) is 6.58 Å². The van der Waals surface area contributed by atoms with Gasteiger partial charge in [-0.05, 0) is 67.4 Å². The molecule has 1 amide bonds. The van der Waals surface area contributed by atoms with Crippen LogP contribution in [-0.4, -0.2) is 20.0 Å². The van der Waals surface area contributed by atoms with Crippen molar-refractivity contribution in [2.24, 2.45) is 10.5 Å². The van der Waals surface area contributed by atoms with Crippen molar-refractivity contribution in [3.05, 3.63) is 138 Å². The summed E-state index contributed by atoms with van der Waals surface area (Å²) in [5, 5.41) is 6.05. The van der Waals surface area contributed by atoms with Crippen LogP contribution in [0.1, 0.15) is 35.6 Å². The van der Waals surface area contributed by atoms with Gasteiger partial charge < -0.3 is 0 Å². The predicted molar refractivity (Wildman–Crippen MR) is 159 cm³/mol. The molecule has 2 heterocycles. The van der Waals surface area contributed by atoms with E-state index in [0.29, 0.717) is 22.5 Å². The molecule has 0 unspecified atom stereocenters. The summed E-state index contributed by atoms with van der Waals surface area (Å²) in [7, 11) is -4.28. The minimum Gasteiger partial charge on any atom is -0.271 e. The van der Waals surface area contributed by atoms with Crippen LogP contribution >= 0.6 is 0 Å². The number of carbonyl (C=O) groups excluding carboxylic acids is 1. The van der Waals surface area contributed by atoms with Crippen molar-refractivity contribution in [1.82, 2.24) is 0 Å². The number of hydrogen-bond acceptors (Lipinski definition) is 4. The van der Waals surface area contributed by atoms with Crippen LogP contribution in [0, 0.1) is 18.2 Å². The van der Waals surface area contributed by atoms with Crippen molar-refractivity contribution in [3.8, 4) is 0 Å². The lowest BCUT2D eigenvalue weighted by Gasteiger charge is -2.51. The SMILES string of the molecule is C=C[C@@H]1c2cc(F)ccc2N(S(=O)(=O)c2ccc(C)cc2)[C@H](c2ccccc2)[C@]12C(=O)N(c1ccccc1)N=C2C. The Balaban J connectivity index is 1.71. The zero-order chi connectivity index (χ0) is 28.9.